The number of benzene rings is 1. The third-order valence-corrected chi connectivity index (χ3v) is 4.44. The van der Waals surface area contributed by atoms with Crippen LogP contribution < -0.4 is 10.6 Å². The summed E-state index contributed by atoms with van der Waals surface area (Å²) < 4.78 is 0. The Bertz CT molecular complexity index is 563. The normalized spacial score (nSPS) is 13.7. The highest BCUT2D eigenvalue weighted by Crippen LogP contribution is 2.22. The van der Waals surface area contributed by atoms with E-state index < -0.39 is 0 Å². The second-order valence-electron chi connectivity index (χ2n) is 5.22. The topological polar surface area (TPSA) is 41.1 Å². The fourth-order valence-electron chi connectivity index (χ4n) is 2.16. The first-order valence-electron chi connectivity index (χ1n) is 7.27. The van der Waals surface area contributed by atoms with Gasteiger partial charge in [0, 0.05) is 16.6 Å². The van der Waals surface area contributed by atoms with E-state index in [0.717, 1.165) is 12.1 Å². The number of hydrogen-bond donors (Lipinski definition) is 2. The summed E-state index contributed by atoms with van der Waals surface area (Å²) in [5, 5.41) is 8.41. The van der Waals surface area contributed by atoms with E-state index in [4.69, 9.17) is 0 Å². The average molecular weight is 302 g/mol. The lowest BCUT2D eigenvalue weighted by Crippen LogP contribution is -2.39. The van der Waals surface area contributed by atoms with Gasteiger partial charge in [0.05, 0.1) is 6.04 Å². The van der Waals surface area contributed by atoms with Crippen molar-refractivity contribution in [1.82, 2.24) is 5.32 Å². The number of hydrogen-bond acceptors (Lipinski definition) is 3. The lowest BCUT2D eigenvalue weighted by molar-refractivity contribution is -0.118. The first-order chi connectivity index (χ1) is 10.1. The molecular weight excluding hydrogens is 280 g/mol. The highest BCUT2D eigenvalue weighted by Gasteiger charge is 2.18. The van der Waals surface area contributed by atoms with Gasteiger partial charge in [-0.2, -0.15) is 0 Å². The molecule has 0 spiro atoms. The molecule has 1 aromatic heterocycles. The molecule has 2 aromatic rings. The third-order valence-electron chi connectivity index (χ3n) is 3.46. The summed E-state index contributed by atoms with van der Waals surface area (Å²) in [6.07, 6.45) is 0.961. The maximum absolute atomic E-state index is 12.2. The first-order valence-corrected chi connectivity index (χ1v) is 8.15. The molecule has 0 aliphatic heterocycles. The number of carbonyl (C=O) groups is 1. The summed E-state index contributed by atoms with van der Waals surface area (Å²) >= 11 is 1.72. The first kappa shape index (κ1) is 15.7. The summed E-state index contributed by atoms with van der Waals surface area (Å²) in [7, 11) is 0. The van der Waals surface area contributed by atoms with Crippen molar-refractivity contribution < 1.29 is 4.79 Å². The van der Waals surface area contributed by atoms with Crippen LogP contribution in [-0.2, 0) is 4.79 Å². The smallest absolute Gasteiger partial charge is 0.241 e. The van der Waals surface area contributed by atoms with Gasteiger partial charge < -0.3 is 5.32 Å². The SMILES string of the molecule is CCC(NC(C)C(=O)Nc1ccc(C)cc1)c1cccs1. The maximum Gasteiger partial charge on any atom is 0.241 e. The number of aryl methyl sites for hydroxylation is 1. The fourth-order valence-corrected chi connectivity index (χ4v) is 3.03. The lowest BCUT2D eigenvalue weighted by Gasteiger charge is -2.21. The van der Waals surface area contributed by atoms with Gasteiger partial charge >= 0.3 is 0 Å². The number of thiophene rings is 1. The fraction of sp³-hybridized carbons (Fsp3) is 0.353. The number of carbonyl (C=O) groups excluding carboxylic acids is 1. The summed E-state index contributed by atoms with van der Waals surface area (Å²) in [5.41, 5.74) is 2.02. The lowest BCUT2D eigenvalue weighted by atomic mass is 10.1. The van der Waals surface area contributed by atoms with Crippen molar-refractivity contribution in [3.63, 3.8) is 0 Å². The van der Waals surface area contributed by atoms with E-state index >= 15 is 0 Å². The van der Waals surface area contributed by atoms with Crippen molar-refractivity contribution in [2.75, 3.05) is 5.32 Å². The second-order valence-corrected chi connectivity index (χ2v) is 6.20. The molecule has 0 saturated heterocycles. The van der Waals surface area contributed by atoms with Gasteiger partial charge in [-0.15, -0.1) is 11.3 Å². The van der Waals surface area contributed by atoms with E-state index in [1.807, 2.05) is 44.2 Å². The van der Waals surface area contributed by atoms with Gasteiger partial charge in [-0.05, 0) is 43.8 Å². The van der Waals surface area contributed by atoms with Crippen LogP contribution in [0.25, 0.3) is 0 Å². The van der Waals surface area contributed by atoms with Gasteiger partial charge in [0.15, 0.2) is 0 Å². The zero-order chi connectivity index (χ0) is 15.2. The van der Waals surface area contributed by atoms with E-state index in [0.29, 0.717) is 0 Å². The number of nitrogens with one attached hydrogen (secondary N) is 2. The third kappa shape index (κ3) is 4.41. The number of amides is 1. The zero-order valence-corrected chi connectivity index (χ0v) is 13.5. The Morgan fingerprint density at radius 3 is 2.52 bits per heavy atom. The maximum atomic E-state index is 12.2. The number of anilines is 1. The minimum absolute atomic E-state index is 0.00569. The predicted molar refractivity (Wildman–Crippen MR) is 89.8 cm³/mol. The average Bonchev–Trinajstić information content (AvgIpc) is 3.01. The van der Waals surface area contributed by atoms with Crippen LogP contribution in [0.2, 0.25) is 0 Å². The Balaban J connectivity index is 1.94. The Hall–Kier alpha value is -1.65. The van der Waals surface area contributed by atoms with Gasteiger partial charge in [-0.1, -0.05) is 30.7 Å². The van der Waals surface area contributed by atoms with Crippen LogP contribution in [0.15, 0.2) is 41.8 Å². The Kier molecular flexibility index (Phi) is 5.53. The summed E-state index contributed by atoms with van der Waals surface area (Å²) in [5.74, 6) is -0.00569. The molecule has 2 N–H and O–H groups in total. The second kappa shape index (κ2) is 7.38. The Morgan fingerprint density at radius 1 is 1.24 bits per heavy atom. The molecule has 3 nitrogen and oxygen atoms in total. The molecule has 2 rings (SSSR count). The van der Waals surface area contributed by atoms with E-state index in [1.165, 1.54) is 10.4 Å². The molecule has 21 heavy (non-hydrogen) atoms. The molecule has 2 atom stereocenters. The molecule has 1 aromatic carbocycles. The van der Waals surface area contributed by atoms with Gasteiger partial charge in [-0.3, -0.25) is 10.1 Å². The Morgan fingerprint density at radius 2 is 1.95 bits per heavy atom. The van der Waals surface area contributed by atoms with Gasteiger partial charge in [0.25, 0.3) is 0 Å². The van der Waals surface area contributed by atoms with Gasteiger partial charge in [0.2, 0.25) is 5.91 Å². The minimum atomic E-state index is -0.238. The van der Waals surface area contributed by atoms with Crippen molar-refractivity contribution in [2.45, 2.75) is 39.3 Å². The van der Waals surface area contributed by atoms with Crippen LogP contribution in [0, 0.1) is 6.92 Å². The van der Waals surface area contributed by atoms with Crippen molar-refractivity contribution >= 4 is 22.9 Å². The van der Waals surface area contributed by atoms with Crippen molar-refractivity contribution in [2.24, 2.45) is 0 Å². The monoisotopic (exact) mass is 302 g/mol. The molecule has 4 heteroatoms. The minimum Gasteiger partial charge on any atom is -0.325 e. The molecule has 112 valence electrons. The van der Waals surface area contributed by atoms with Crippen molar-refractivity contribution in [1.29, 1.82) is 0 Å². The van der Waals surface area contributed by atoms with Crippen LogP contribution in [0.3, 0.4) is 0 Å². The largest absolute Gasteiger partial charge is 0.325 e. The summed E-state index contributed by atoms with van der Waals surface area (Å²) in [4.78, 5) is 13.5. The van der Waals surface area contributed by atoms with Crippen LogP contribution in [0.5, 0.6) is 0 Å². The molecule has 1 heterocycles. The number of rotatable bonds is 6. The van der Waals surface area contributed by atoms with E-state index in [2.05, 4.69) is 29.0 Å². The van der Waals surface area contributed by atoms with Gasteiger partial charge in [-0.25, -0.2) is 0 Å². The Labute approximate surface area is 130 Å². The molecule has 1 amide bonds. The highest BCUT2D eigenvalue weighted by molar-refractivity contribution is 7.10. The summed E-state index contributed by atoms with van der Waals surface area (Å²) in [6, 6.07) is 12.0. The van der Waals surface area contributed by atoms with E-state index in [-0.39, 0.29) is 18.0 Å². The van der Waals surface area contributed by atoms with Crippen LogP contribution in [0.4, 0.5) is 5.69 Å². The molecule has 0 aliphatic carbocycles. The highest BCUT2D eigenvalue weighted by atomic mass is 32.1. The molecule has 0 saturated carbocycles. The molecular formula is C17H22N2OS. The van der Waals surface area contributed by atoms with Crippen LogP contribution >= 0.6 is 11.3 Å². The molecule has 0 aliphatic rings. The van der Waals surface area contributed by atoms with E-state index in [1.54, 1.807) is 11.3 Å². The van der Waals surface area contributed by atoms with Gasteiger partial charge in [0.1, 0.15) is 0 Å². The van der Waals surface area contributed by atoms with Crippen LogP contribution in [0.1, 0.15) is 36.8 Å². The summed E-state index contributed by atoms with van der Waals surface area (Å²) in [6.45, 7) is 6.06. The molecule has 0 bridgehead atoms. The zero-order valence-electron chi connectivity index (χ0n) is 12.7. The standard InChI is InChI=1S/C17H22N2OS/c1-4-15(16-6-5-11-21-16)18-13(3)17(20)19-14-9-7-12(2)8-10-14/h5-11,13,15,18H,4H2,1-3H3,(H,19,20). The predicted octanol–water partition coefficient (Wildman–Crippen LogP) is 4.12. The molecule has 0 fully saturated rings. The van der Waals surface area contributed by atoms with E-state index in [9.17, 15) is 4.79 Å². The molecule has 0 radical (unpaired) electrons. The van der Waals surface area contributed by atoms with Crippen molar-refractivity contribution in [3.05, 3.63) is 52.2 Å². The quantitative estimate of drug-likeness (QED) is 0.842. The molecule has 2 unspecified atom stereocenters. The van der Waals surface area contributed by atoms with Crippen LogP contribution in [-0.4, -0.2) is 11.9 Å². The van der Waals surface area contributed by atoms with Crippen molar-refractivity contribution in [3.8, 4) is 0 Å².